The second-order valence-electron chi connectivity index (χ2n) is 5.19. The first-order valence-electron chi connectivity index (χ1n) is 7.60. The Morgan fingerprint density at radius 2 is 2.13 bits per heavy atom. The molecule has 1 aliphatic heterocycles. The van der Waals surface area contributed by atoms with Crippen LogP contribution in [0.3, 0.4) is 0 Å². The molecule has 6 nitrogen and oxygen atoms in total. The number of ether oxygens (including phenoxy) is 2. The summed E-state index contributed by atoms with van der Waals surface area (Å²) in [6, 6.07) is 10.9. The van der Waals surface area contributed by atoms with E-state index in [1.165, 1.54) is 0 Å². The van der Waals surface area contributed by atoms with Crippen LogP contribution in [0.15, 0.2) is 48.8 Å². The molecule has 23 heavy (non-hydrogen) atoms. The Morgan fingerprint density at radius 3 is 2.87 bits per heavy atom. The van der Waals surface area contributed by atoms with Gasteiger partial charge in [-0.1, -0.05) is 12.1 Å². The van der Waals surface area contributed by atoms with E-state index >= 15 is 0 Å². The molecule has 0 spiro atoms. The number of nitrogens with one attached hydrogen (secondary N) is 1. The van der Waals surface area contributed by atoms with Crippen LogP contribution in [0.1, 0.15) is 6.92 Å². The summed E-state index contributed by atoms with van der Waals surface area (Å²) in [4.78, 5) is 17.9. The van der Waals surface area contributed by atoms with Crippen LogP contribution in [-0.2, 0) is 0 Å². The number of anilines is 1. The van der Waals surface area contributed by atoms with Gasteiger partial charge in [-0.15, -0.1) is 0 Å². The Morgan fingerprint density at radius 1 is 1.30 bits per heavy atom. The second-order valence-corrected chi connectivity index (χ2v) is 5.19. The van der Waals surface area contributed by atoms with Crippen LogP contribution in [0.25, 0.3) is 0 Å². The molecule has 1 aromatic heterocycles. The fourth-order valence-corrected chi connectivity index (χ4v) is 2.33. The smallest absolute Gasteiger partial charge is 0.322 e. The number of pyridine rings is 1. The first-order chi connectivity index (χ1) is 11.3. The van der Waals surface area contributed by atoms with Crippen molar-refractivity contribution in [2.45, 2.75) is 13.0 Å². The Balaban J connectivity index is 1.51. The average Bonchev–Trinajstić information content (AvgIpc) is 2.53. The van der Waals surface area contributed by atoms with E-state index in [9.17, 15) is 4.79 Å². The van der Waals surface area contributed by atoms with Gasteiger partial charge in [-0.25, -0.2) is 4.79 Å². The highest BCUT2D eigenvalue weighted by atomic mass is 16.5. The SMILES string of the molecule is CCOc1ccccc1NC(=O)N1CC(Oc2cccnc2)C1. The number of carbonyl (C=O) groups excluding carboxylic acids is 1. The third-order valence-corrected chi connectivity index (χ3v) is 3.50. The number of likely N-dealkylation sites (tertiary alicyclic amines) is 1. The summed E-state index contributed by atoms with van der Waals surface area (Å²) < 4.78 is 11.2. The number of carbonyl (C=O) groups is 1. The van der Waals surface area contributed by atoms with Crippen LogP contribution >= 0.6 is 0 Å². The molecule has 0 unspecified atom stereocenters. The molecule has 6 heteroatoms. The van der Waals surface area contributed by atoms with Gasteiger partial charge in [-0.2, -0.15) is 0 Å². The highest BCUT2D eigenvalue weighted by Crippen LogP contribution is 2.25. The van der Waals surface area contributed by atoms with Gasteiger partial charge in [-0.05, 0) is 31.2 Å². The number of rotatable bonds is 5. The minimum absolute atomic E-state index is 0.00656. The van der Waals surface area contributed by atoms with E-state index in [-0.39, 0.29) is 12.1 Å². The lowest BCUT2D eigenvalue weighted by atomic mass is 10.2. The topological polar surface area (TPSA) is 63.7 Å². The molecule has 0 atom stereocenters. The second kappa shape index (κ2) is 7.00. The van der Waals surface area contributed by atoms with Gasteiger partial charge >= 0.3 is 6.03 Å². The molecule has 1 fully saturated rings. The zero-order valence-electron chi connectivity index (χ0n) is 12.9. The average molecular weight is 313 g/mol. The summed E-state index contributed by atoms with van der Waals surface area (Å²) in [5.74, 6) is 1.39. The van der Waals surface area contributed by atoms with Gasteiger partial charge < -0.3 is 19.7 Å². The Hall–Kier alpha value is -2.76. The molecule has 0 bridgehead atoms. The lowest BCUT2D eigenvalue weighted by Gasteiger charge is -2.38. The van der Waals surface area contributed by atoms with Gasteiger partial charge in [0.1, 0.15) is 17.6 Å². The monoisotopic (exact) mass is 313 g/mol. The van der Waals surface area contributed by atoms with Gasteiger partial charge in [0.2, 0.25) is 0 Å². The Kier molecular flexibility index (Phi) is 4.61. The molecular formula is C17H19N3O3. The molecule has 0 saturated carbocycles. The standard InChI is InChI=1S/C17H19N3O3/c1-2-22-16-8-4-3-7-15(16)19-17(21)20-11-14(12-20)23-13-6-5-9-18-10-13/h3-10,14H,2,11-12H2,1H3,(H,19,21). The van der Waals surface area contributed by atoms with Crippen molar-refractivity contribution in [3.05, 3.63) is 48.8 Å². The van der Waals surface area contributed by atoms with Gasteiger partial charge in [0.25, 0.3) is 0 Å². The minimum Gasteiger partial charge on any atom is -0.492 e. The fraction of sp³-hybridized carbons (Fsp3) is 0.294. The predicted molar refractivity (Wildman–Crippen MR) is 86.9 cm³/mol. The maximum absolute atomic E-state index is 12.2. The zero-order valence-corrected chi connectivity index (χ0v) is 12.9. The summed E-state index contributed by atoms with van der Waals surface area (Å²) in [5.41, 5.74) is 0.677. The van der Waals surface area contributed by atoms with Crippen LogP contribution < -0.4 is 14.8 Å². The highest BCUT2D eigenvalue weighted by Gasteiger charge is 2.32. The molecule has 2 heterocycles. The molecule has 2 aromatic rings. The van der Waals surface area contributed by atoms with Gasteiger partial charge in [0, 0.05) is 6.20 Å². The summed E-state index contributed by atoms with van der Waals surface area (Å²) in [6.45, 7) is 3.57. The molecule has 0 aliphatic carbocycles. The van der Waals surface area contributed by atoms with Crippen LogP contribution in [-0.4, -0.2) is 41.7 Å². The van der Waals surface area contributed by atoms with Crippen LogP contribution in [0.4, 0.5) is 10.5 Å². The number of benzene rings is 1. The number of para-hydroxylation sites is 2. The van der Waals surface area contributed by atoms with Crippen molar-refractivity contribution in [3.63, 3.8) is 0 Å². The van der Waals surface area contributed by atoms with Crippen molar-refractivity contribution < 1.29 is 14.3 Å². The van der Waals surface area contributed by atoms with E-state index < -0.39 is 0 Å². The Bertz CT molecular complexity index is 657. The fourth-order valence-electron chi connectivity index (χ4n) is 2.33. The number of amides is 2. The molecular weight excluding hydrogens is 294 g/mol. The third kappa shape index (κ3) is 3.71. The van der Waals surface area contributed by atoms with Gasteiger partial charge in [0.15, 0.2) is 0 Å². The molecule has 1 N–H and O–H groups in total. The highest BCUT2D eigenvalue weighted by molar-refractivity contribution is 5.91. The lowest BCUT2D eigenvalue weighted by molar-refractivity contribution is 0.0490. The van der Waals surface area contributed by atoms with E-state index in [0.717, 1.165) is 5.75 Å². The summed E-state index contributed by atoms with van der Waals surface area (Å²) in [6.07, 6.45) is 3.37. The normalized spacial score (nSPS) is 14.0. The maximum atomic E-state index is 12.2. The molecule has 1 aromatic carbocycles. The van der Waals surface area contributed by atoms with E-state index in [1.54, 1.807) is 17.3 Å². The van der Waals surface area contributed by atoms with E-state index in [4.69, 9.17) is 9.47 Å². The van der Waals surface area contributed by atoms with Crippen molar-refractivity contribution in [3.8, 4) is 11.5 Å². The minimum atomic E-state index is -0.150. The van der Waals surface area contributed by atoms with Crippen molar-refractivity contribution in [2.75, 3.05) is 25.0 Å². The van der Waals surface area contributed by atoms with Crippen LogP contribution in [0.2, 0.25) is 0 Å². The van der Waals surface area contributed by atoms with Gasteiger partial charge in [0.05, 0.1) is 31.6 Å². The number of urea groups is 1. The van der Waals surface area contributed by atoms with Crippen LogP contribution in [0, 0.1) is 0 Å². The predicted octanol–water partition coefficient (Wildman–Crippen LogP) is 2.78. The zero-order chi connectivity index (χ0) is 16.1. The summed E-state index contributed by atoms with van der Waals surface area (Å²) >= 11 is 0. The summed E-state index contributed by atoms with van der Waals surface area (Å²) in [5, 5.41) is 2.88. The number of hydrogen-bond donors (Lipinski definition) is 1. The number of aromatic nitrogens is 1. The molecule has 3 rings (SSSR count). The molecule has 1 aliphatic rings. The van der Waals surface area contributed by atoms with Crippen molar-refractivity contribution in [1.82, 2.24) is 9.88 Å². The first kappa shape index (κ1) is 15.1. The third-order valence-electron chi connectivity index (χ3n) is 3.50. The maximum Gasteiger partial charge on any atom is 0.322 e. The number of nitrogens with zero attached hydrogens (tertiary/aromatic N) is 2. The van der Waals surface area contributed by atoms with Crippen molar-refractivity contribution in [1.29, 1.82) is 0 Å². The van der Waals surface area contributed by atoms with Crippen LogP contribution in [0.5, 0.6) is 11.5 Å². The van der Waals surface area contributed by atoms with E-state index in [0.29, 0.717) is 31.1 Å². The van der Waals surface area contributed by atoms with Crippen molar-refractivity contribution >= 4 is 11.7 Å². The van der Waals surface area contributed by atoms with Crippen molar-refractivity contribution in [2.24, 2.45) is 0 Å². The first-order valence-corrected chi connectivity index (χ1v) is 7.60. The molecule has 2 amide bonds. The van der Waals surface area contributed by atoms with E-state index in [2.05, 4.69) is 10.3 Å². The largest absolute Gasteiger partial charge is 0.492 e. The molecule has 120 valence electrons. The summed E-state index contributed by atoms with van der Waals surface area (Å²) in [7, 11) is 0. The number of hydrogen-bond acceptors (Lipinski definition) is 4. The quantitative estimate of drug-likeness (QED) is 0.922. The molecule has 0 radical (unpaired) electrons. The lowest BCUT2D eigenvalue weighted by Crippen LogP contribution is -2.57. The van der Waals surface area contributed by atoms with E-state index in [1.807, 2.05) is 43.3 Å². The molecule has 1 saturated heterocycles. The van der Waals surface area contributed by atoms with Gasteiger partial charge in [-0.3, -0.25) is 4.98 Å². The Labute approximate surface area is 135 Å².